The second-order valence-electron chi connectivity index (χ2n) is 8.91. The number of benzene rings is 2. The summed E-state index contributed by atoms with van der Waals surface area (Å²) in [5.74, 6) is -1.56. The number of aliphatic carboxylic acids is 1. The number of nitrogens with one attached hydrogen (secondary N) is 2. The van der Waals surface area contributed by atoms with Crippen molar-refractivity contribution < 1.29 is 29.1 Å². The Morgan fingerprint density at radius 2 is 1.56 bits per heavy atom. The van der Waals surface area contributed by atoms with E-state index in [-0.39, 0.29) is 12.5 Å². The van der Waals surface area contributed by atoms with E-state index in [1.54, 1.807) is 0 Å². The highest BCUT2D eigenvalue weighted by molar-refractivity contribution is 5.85. The van der Waals surface area contributed by atoms with Crippen LogP contribution in [-0.4, -0.2) is 42.3 Å². The lowest BCUT2D eigenvalue weighted by Crippen LogP contribution is -2.48. The molecule has 2 aliphatic carbocycles. The second kappa shape index (κ2) is 11.2. The second-order valence-corrected chi connectivity index (χ2v) is 8.91. The average Bonchev–Trinajstić information content (AvgIpc) is 3.16. The molecule has 0 aliphatic heterocycles. The molecule has 34 heavy (non-hydrogen) atoms. The van der Waals surface area contributed by atoms with Crippen LogP contribution >= 0.6 is 0 Å². The average molecular weight is 467 g/mol. The van der Waals surface area contributed by atoms with E-state index in [9.17, 15) is 14.4 Å². The summed E-state index contributed by atoms with van der Waals surface area (Å²) in [6.07, 6.45) is 5.12. The van der Waals surface area contributed by atoms with Gasteiger partial charge in [-0.15, -0.1) is 0 Å². The number of fused-ring (bicyclic) bond motifs is 3. The van der Waals surface area contributed by atoms with Gasteiger partial charge in [-0.2, -0.15) is 0 Å². The number of amides is 2. The molecule has 0 radical (unpaired) electrons. The van der Waals surface area contributed by atoms with E-state index in [1.165, 1.54) is 6.42 Å². The van der Waals surface area contributed by atoms with E-state index in [2.05, 4.69) is 22.9 Å². The van der Waals surface area contributed by atoms with E-state index in [4.69, 9.17) is 14.7 Å². The van der Waals surface area contributed by atoms with Crippen molar-refractivity contribution in [2.24, 2.45) is 5.92 Å². The standard InChI is InChI=1S/C26H30N2O6/c29-24(30)16-34-28-25(31)23(14-17-8-2-1-3-9-17)27-26(32)33-15-22-20-12-6-4-10-18(20)19-11-5-7-13-21(19)22/h4-7,10-13,17,22-23H,1-3,8-9,14-16H2,(H,27,32)(H,28,31)(H,29,30). The van der Waals surface area contributed by atoms with Gasteiger partial charge in [0.2, 0.25) is 0 Å². The van der Waals surface area contributed by atoms with Gasteiger partial charge in [-0.05, 0) is 34.6 Å². The predicted octanol–water partition coefficient (Wildman–Crippen LogP) is 4.00. The molecule has 4 rings (SSSR count). The fourth-order valence-corrected chi connectivity index (χ4v) is 5.01. The molecular weight excluding hydrogens is 436 g/mol. The van der Waals surface area contributed by atoms with E-state index in [0.29, 0.717) is 12.3 Å². The van der Waals surface area contributed by atoms with Gasteiger partial charge in [0.25, 0.3) is 5.91 Å². The highest BCUT2D eigenvalue weighted by Crippen LogP contribution is 2.44. The molecule has 0 heterocycles. The lowest BCUT2D eigenvalue weighted by atomic mass is 9.84. The number of ether oxygens (including phenoxy) is 1. The highest BCUT2D eigenvalue weighted by Gasteiger charge is 2.30. The zero-order chi connectivity index (χ0) is 23.9. The topological polar surface area (TPSA) is 114 Å². The van der Waals surface area contributed by atoms with E-state index < -0.39 is 30.6 Å². The molecule has 0 saturated heterocycles. The Balaban J connectivity index is 1.39. The van der Waals surface area contributed by atoms with Gasteiger partial charge in [-0.1, -0.05) is 80.6 Å². The van der Waals surface area contributed by atoms with Gasteiger partial charge in [-0.3, -0.25) is 9.63 Å². The number of carbonyl (C=O) groups excluding carboxylic acids is 2. The lowest BCUT2D eigenvalue weighted by Gasteiger charge is -2.26. The Kier molecular flexibility index (Phi) is 7.80. The summed E-state index contributed by atoms with van der Waals surface area (Å²) in [5.41, 5.74) is 6.63. The van der Waals surface area contributed by atoms with Crippen LogP contribution in [0.4, 0.5) is 4.79 Å². The van der Waals surface area contributed by atoms with Crippen LogP contribution in [0, 0.1) is 5.92 Å². The van der Waals surface area contributed by atoms with E-state index in [0.717, 1.165) is 47.9 Å². The molecule has 180 valence electrons. The molecule has 0 spiro atoms. The number of rotatable bonds is 9. The maximum Gasteiger partial charge on any atom is 0.407 e. The summed E-state index contributed by atoms with van der Waals surface area (Å²) >= 11 is 0. The SMILES string of the molecule is O=C(O)CONC(=O)C(CC1CCCCC1)NC(=O)OCC1c2ccccc2-c2ccccc21. The van der Waals surface area contributed by atoms with Crippen LogP contribution in [0.2, 0.25) is 0 Å². The Labute approximate surface area is 198 Å². The Bertz CT molecular complexity index is 988. The summed E-state index contributed by atoms with van der Waals surface area (Å²) in [6.45, 7) is -0.514. The molecule has 0 bridgehead atoms. The first-order chi connectivity index (χ1) is 16.5. The van der Waals surface area contributed by atoms with Crippen molar-refractivity contribution in [2.75, 3.05) is 13.2 Å². The zero-order valence-electron chi connectivity index (χ0n) is 19.0. The molecule has 1 saturated carbocycles. The molecule has 2 amide bonds. The van der Waals surface area contributed by atoms with Crippen LogP contribution in [-0.2, 0) is 19.2 Å². The molecule has 3 N–H and O–H groups in total. The predicted molar refractivity (Wildman–Crippen MR) is 125 cm³/mol. The third-order valence-electron chi connectivity index (χ3n) is 6.61. The first kappa shape index (κ1) is 23.8. The van der Waals surface area contributed by atoms with Gasteiger partial charge in [0.1, 0.15) is 12.6 Å². The minimum Gasteiger partial charge on any atom is -0.479 e. The number of hydroxylamine groups is 1. The molecule has 2 aromatic carbocycles. The van der Waals surface area contributed by atoms with Crippen molar-refractivity contribution in [2.45, 2.75) is 50.5 Å². The molecule has 1 unspecified atom stereocenters. The third kappa shape index (κ3) is 5.75. The molecular formula is C26H30N2O6. The van der Waals surface area contributed by atoms with Crippen molar-refractivity contribution in [3.8, 4) is 11.1 Å². The van der Waals surface area contributed by atoms with E-state index in [1.807, 2.05) is 36.4 Å². The summed E-state index contributed by atoms with van der Waals surface area (Å²) in [4.78, 5) is 40.7. The Morgan fingerprint density at radius 1 is 0.941 bits per heavy atom. The van der Waals surface area contributed by atoms with Crippen LogP contribution in [0.15, 0.2) is 48.5 Å². The maximum absolute atomic E-state index is 12.7. The highest BCUT2D eigenvalue weighted by atomic mass is 16.7. The van der Waals surface area contributed by atoms with Crippen LogP contribution in [0.5, 0.6) is 0 Å². The minimum atomic E-state index is -1.20. The normalized spacial score (nSPS) is 16.2. The fourth-order valence-electron chi connectivity index (χ4n) is 5.01. The molecule has 1 fully saturated rings. The van der Waals surface area contributed by atoms with Crippen molar-refractivity contribution in [3.05, 3.63) is 59.7 Å². The summed E-state index contributed by atoms with van der Waals surface area (Å²) in [6, 6.07) is 15.3. The van der Waals surface area contributed by atoms with Crippen molar-refractivity contribution in [1.29, 1.82) is 0 Å². The minimum absolute atomic E-state index is 0.0809. The van der Waals surface area contributed by atoms with Gasteiger partial charge in [-0.25, -0.2) is 15.1 Å². The Morgan fingerprint density at radius 3 is 2.18 bits per heavy atom. The zero-order valence-corrected chi connectivity index (χ0v) is 19.0. The summed E-state index contributed by atoms with van der Waals surface area (Å²) < 4.78 is 5.59. The van der Waals surface area contributed by atoms with E-state index >= 15 is 0 Å². The van der Waals surface area contributed by atoms with Gasteiger partial charge in [0.15, 0.2) is 6.61 Å². The number of alkyl carbamates (subject to hydrolysis) is 1. The molecule has 0 aromatic heterocycles. The van der Waals surface area contributed by atoms with Crippen molar-refractivity contribution in [1.82, 2.24) is 10.8 Å². The number of hydrogen-bond acceptors (Lipinski definition) is 5. The van der Waals surface area contributed by atoms with Crippen molar-refractivity contribution >= 4 is 18.0 Å². The molecule has 1 atom stereocenters. The maximum atomic E-state index is 12.7. The van der Waals surface area contributed by atoms with Crippen LogP contribution < -0.4 is 10.8 Å². The fraction of sp³-hybridized carbons (Fsp3) is 0.423. The van der Waals surface area contributed by atoms with Crippen LogP contribution in [0.1, 0.15) is 55.6 Å². The molecule has 8 heteroatoms. The third-order valence-corrected chi connectivity index (χ3v) is 6.61. The van der Waals surface area contributed by atoms with Crippen LogP contribution in [0.3, 0.4) is 0 Å². The number of hydrogen-bond donors (Lipinski definition) is 3. The monoisotopic (exact) mass is 466 g/mol. The van der Waals surface area contributed by atoms with Gasteiger partial charge < -0.3 is 15.2 Å². The Hall–Kier alpha value is -3.39. The molecule has 2 aromatic rings. The van der Waals surface area contributed by atoms with Gasteiger partial charge in [0.05, 0.1) is 0 Å². The van der Waals surface area contributed by atoms with Crippen molar-refractivity contribution in [3.63, 3.8) is 0 Å². The number of carboxylic acids is 1. The number of carbonyl (C=O) groups is 3. The van der Waals surface area contributed by atoms with Gasteiger partial charge in [0, 0.05) is 5.92 Å². The molecule has 8 nitrogen and oxygen atoms in total. The first-order valence-corrected chi connectivity index (χ1v) is 11.8. The summed E-state index contributed by atoms with van der Waals surface area (Å²) in [5, 5.41) is 11.4. The number of carboxylic acid groups (broad SMARTS) is 1. The van der Waals surface area contributed by atoms with Gasteiger partial charge >= 0.3 is 12.1 Å². The summed E-state index contributed by atoms with van der Waals surface area (Å²) in [7, 11) is 0. The first-order valence-electron chi connectivity index (χ1n) is 11.8. The quantitative estimate of drug-likeness (QED) is 0.482. The lowest BCUT2D eigenvalue weighted by molar-refractivity contribution is -0.150. The van der Waals surface area contributed by atoms with Crippen LogP contribution in [0.25, 0.3) is 11.1 Å². The largest absolute Gasteiger partial charge is 0.479 e. The molecule has 2 aliphatic rings. The smallest absolute Gasteiger partial charge is 0.407 e.